The van der Waals surface area contributed by atoms with Crippen LogP contribution in [-0.4, -0.2) is 17.1 Å². The quantitative estimate of drug-likeness (QED) is 0.452. The van der Waals surface area contributed by atoms with Crippen molar-refractivity contribution >= 4 is 5.71 Å². The Labute approximate surface area is 139 Å². The number of halogens is 3. The van der Waals surface area contributed by atoms with Crippen LogP contribution >= 0.6 is 0 Å². The zero-order valence-corrected chi connectivity index (χ0v) is 14.1. The largest absolute Gasteiger partial charge is 0.411 e. The molecular formula is C19H20F3NO. The van der Waals surface area contributed by atoms with E-state index >= 15 is 0 Å². The minimum absolute atomic E-state index is 0.0980. The zero-order chi connectivity index (χ0) is 18.1. The molecule has 0 aromatic heterocycles. The minimum atomic E-state index is -4.57. The van der Waals surface area contributed by atoms with E-state index in [0.29, 0.717) is 16.7 Å². The van der Waals surface area contributed by atoms with Crippen LogP contribution in [0.15, 0.2) is 41.6 Å². The van der Waals surface area contributed by atoms with E-state index in [9.17, 15) is 18.4 Å². The van der Waals surface area contributed by atoms with Crippen molar-refractivity contribution in [2.24, 2.45) is 5.16 Å². The fourth-order valence-electron chi connectivity index (χ4n) is 3.00. The number of alkyl halides is 3. The second-order valence-corrected chi connectivity index (χ2v) is 6.14. The molecule has 0 radical (unpaired) electrons. The molecular weight excluding hydrogens is 315 g/mol. The molecule has 0 unspecified atom stereocenters. The maximum absolute atomic E-state index is 13.8. The van der Waals surface area contributed by atoms with Crippen molar-refractivity contribution in [2.45, 2.75) is 39.8 Å². The van der Waals surface area contributed by atoms with Crippen LogP contribution in [0, 0.1) is 27.7 Å². The lowest BCUT2D eigenvalue weighted by atomic mass is 9.84. The molecule has 2 rings (SSSR count). The molecule has 0 amide bonds. The van der Waals surface area contributed by atoms with Gasteiger partial charge in [0.05, 0.1) is 0 Å². The number of oxime groups is 1. The van der Waals surface area contributed by atoms with Crippen LogP contribution in [0.3, 0.4) is 0 Å². The van der Waals surface area contributed by atoms with E-state index < -0.39 is 12.1 Å². The van der Waals surface area contributed by atoms with E-state index in [4.69, 9.17) is 0 Å². The summed E-state index contributed by atoms with van der Waals surface area (Å²) in [6.07, 6.45) is -4.57. The number of nitrogens with zero attached hydrogens (tertiary/aromatic N) is 1. The van der Waals surface area contributed by atoms with Gasteiger partial charge >= 0.3 is 6.18 Å². The van der Waals surface area contributed by atoms with Gasteiger partial charge in [0, 0.05) is 5.56 Å². The topological polar surface area (TPSA) is 32.6 Å². The van der Waals surface area contributed by atoms with Crippen molar-refractivity contribution in [3.63, 3.8) is 0 Å². The average molecular weight is 335 g/mol. The van der Waals surface area contributed by atoms with Crippen molar-refractivity contribution in [1.29, 1.82) is 0 Å². The Balaban J connectivity index is 2.66. The summed E-state index contributed by atoms with van der Waals surface area (Å²) in [7, 11) is 0. The molecule has 0 aliphatic rings. The van der Waals surface area contributed by atoms with Crippen LogP contribution < -0.4 is 0 Å². The molecule has 0 aliphatic carbocycles. The van der Waals surface area contributed by atoms with E-state index in [-0.39, 0.29) is 11.3 Å². The maximum Gasteiger partial charge on any atom is 0.401 e. The summed E-state index contributed by atoms with van der Waals surface area (Å²) in [5.74, 6) is -1.98. The lowest BCUT2D eigenvalue weighted by molar-refractivity contribution is -0.135. The second-order valence-electron chi connectivity index (χ2n) is 6.14. The molecule has 0 heterocycles. The van der Waals surface area contributed by atoms with E-state index in [1.807, 2.05) is 13.8 Å². The SMILES string of the molecule is Cc1ccc(/C(=N\O)[C@H](c2ccc(C)cc2C)C(F)(F)F)c(C)c1. The van der Waals surface area contributed by atoms with Crippen molar-refractivity contribution < 1.29 is 18.4 Å². The highest BCUT2D eigenvalue weighted by Crippen LogP contribution is 2.40. The van der Waals surface area contributed by atoms with Gasteiger partial charge in [-0.1, -0.05) is 52.7 Å². The third-order valence-corrected chi connectivity index (χ3v) is 4.10. The maximum atomic E-state index is 13.8. The molecule has 2 aromatic rings. The van der Waals surface area contributed by atoms with Gasteiger partial charge in [0.15, 0.2) is 0 Å². The predicted octanol–water partition coefficient (Wildman–Crippen LogP) is 5.44. The van der Waals surface area contributed by atoms with Gasteiger partial charge in [-0.2, -0.15) is 13.2 Å². The molecule has 0 saturated heterocycles. The summed E-state index contributed by atoms with van der Waals surface area (Å²) in [6.45, 7) is 7.03. The molecule has 0 saturated carbocycles. The zero-order valence-electron chi connectivity index (χ0n) is 14.1. The average Bonchev–Trinajstić information content (AvgIpc) is 2.45. The number of rotatable bonds is 3. The van der Waals surface area contributed by atoms with Crippen LogP contribution in [0.2, 0.25) is 0 Å². The van der Waals surface area contributed by atoms with Gasteiger partial charge in [-0.05, 0) is 44.4 Å². The fraction of sp³-hybridized carbons (Fsp3) is 0.316. The minimum Gasteiger partial charge on any atom is -0.411 e. The van der Waals surface area contributed by atoms with E-state index in [1.165, 1.54) is 6.07 Å². The monoisotopic (exact) mass is 335 g/mol. The standard InChI is InChI=1S/C19H20F3NO/c1-11-5-7-15(13(3)9-11)17(19(20,21)22)18(23-24)16-8-6-12(2)10-14(16)4/h5-10,17,24H,1-4H3/b23-18+/t17-/m0/s1. The van der Waals surface area contributed by atoms with Crippen molar-refractivity contribution in [3.05, 3.63) is 69.8 Å². The Morgan fingerprint density at radius 3 is 1.92 bits per heavy atom. The van der Waals surface area contributed by atoms with Gasteiger partial charge in [-0.25, -0.2) is 0 Å². The van der Waals surface area contributed by atoms with Gasteiger partial charge < -0.3 is 5.21 Å². The first-order valence-corrected chi connectivity index (χ1v) is 7.58. The fourth-order valence-corrected chi connectivity index (χ4v) is 3.00. The molecule has 2 aromatic carbocycles. The summed E-state index contributed by atoms with van der Waals surface area (Å²) in [5, 5.41) is 12.5. The number of benzene rings is 2. The Hall–Kier alpha value is -2.30. The number of aryl methyl sites for hydroxylation is 4. The van der Waals surface area contributed by atoms with Crippen LogP contribution in [0.1, 0.15) is 39.3 Å². The van der Waals surface area contributed by atoms with Crippen LogP contribution in [-0.2, 0) is 0 Å². The number of hydrogen-bond donors (Lipinski definition) is 1. The Kier molecular flexibility index (Phi) is 5.02. The molecule has 0 bridgehead atoms. The normalized spacial score (nSPS) is 13.9. The summed E-state index contributed by atoms with van der Waals surface area (Å²) in [4.78, 5) is 0. The molecule has 0 fully saturated rings. The molecule has 0 spiro atoms. The molecule has 1 N–H and O–H groups in total. The van der Waals surface area contributed by atoms with Crippen molar-refractivity contribution in [3.8, 4) is 0 Å². The Bertz CT molecular complexity index is 779. The third-order valence-electron chi connectivity index (χ3n) is 4.10. The smallest absolute Gasteiger partial charge is 0.401 e. The van der Waals surface area contributed by atoms with Gasteiger partial charge in [0.1, 0.15) is 11.6 Å². The highest BCUT2D eigenvalue weighted by molar-refractivity contribution is 6.06. The summed E-state index contributed by atoms with van der Waals surface area (Å²) in [6, 6.07) is 9.85. The summed E-state index contributed by atoms with van der Waals surface area (Å²) < 4.78 is 41.5. The molecule has 128 valence electrons. The van der Waals surface area contributed by atoms with Crippen LogP contribution in [0.25, 0.3) is 0 Å². The first-order chi connectivity index (χ1) is 11.1. The van der Waals surface area contributed by atoms with E-state index in [1.54, 1.807) is 44.2 Å². The molecule has 2 nitrogen and oxygen atoms in total. The molecule has 24 heavy (non-hydrogen) atoms. The van der Waals surface area contributed by atoms with Gasteiger partial charge in [-0.15, -0.1) is 0 Å². The summed E-state index contributed by atoms with van der Waals surface area (Å²) >= 11 is 0. The molecule has 1 atom stereocenters. The van der Waals surface area contributed by atoms with Gasteiger partial charge in [-0.3, -0.25) is 0 Å². The second kappa shape index (κ2) is 6.67. The van der Waals surface area contributed by atoms with Gasteiger partial charge in [0.2, 0.25) is 0 Å². The summed E-state index contributed by atoms with van der Waals surface area (Å²) in [5.41, 5.74) is 2.98. The first kappa shape index (κ1) is 18.0. The third kappa shape index (κ3) is 3.61. The number of hydrogen-bond acceptors (Lipinski definition) is 2. The van der Waals surface area contributed by atoms with E-state index in [2.05, 4.69) is 5.16 Å². The van der Waals surface area contributed by atoms with Crippen LogP contribution in [0.4, 0.5) is 13.2 Å². The lowest BCUT2D eigenvalue weighted by Crippen LogP contribution is -2.30. The van der Waals surface area contributed by atoms with Gasteiger partial charge in [0.25, 0.3) is 0 Å². The molecule has 5 heteroatoms. The van der Waals surface area contributed by atoms with E-state index in [0.717, 1.165) is 11.1 Å². The predicted molar refractivity (Wildman–Crippen MR) is 89.0 cm³/mol. The Morgan fingerprint density at radius 2 is 1.46 bits per heavy atom. The highest BCUT2D eigenvalue weighted by Gasteiger charge is 2.46. The molecule has 0 aliphatic heterocycles. The highest BCUT2D eigenvalue weighted by atomic mass is 19.4. The lowest BCUT2D eigenvalue weighted by Gasteiger charge is -2.24. The van der Waals surface area contributed by atoms with Crippen LogP contribution in [0.5, 0.6) is 0 Å². The van der Waals surface area contributed by atoms with Crippen molar-refractivity contribution in [1.82, 2.24) is 0 Å². The first-order valence-electron chi connectivity index (χ1n) is 7.58. The van der Waals surface area contributed by atoms with Crippen molar-refractivity contribution in [2.75, 3.05) is 0 Å². The Morgan fingerprint density at radius 1 is 0.917 bits per heavy atom.